The number of aliphatic carboxylic acids is 1. The van der Waals surface area contributed by atoms with Gasteiger partial charge in [0.25, 0.3) is 5.69 Å². The molecule has 1 amide bonds. The Morgan fingerprint density at radius 3 is 2.85 bits per heavy atom. The minimum Gasteiger partial charge on any atom is -0.481 e. The van der Waals surface area contributed by atoms with Crippen molar-refractivity contribution in [3.63, 3.8) is 0 Å². The van der Waals surface area contributed by atoms with Crippen molar-refractivity contribution in [2.24, 2.45) is 0 Å². The van der Waals surface area contributed by atoms with Gasteiger partial charge in [-0.15, -0.1) is 0 Å². The van der Waals surface area contributed by atoms with Crippen LogP contribution < -0.4 is 10.6 Å². The van der Waals surface area contributed by atoms with Gasteiger partial charge in [-0.25, -0.2) is 0 Å². The van der Waals surface area contributed by atoms with Gasteiger partial charge in [-0.3, -0.25) is 19.7 Å². The number of nitrogens with zero attached hydrogens (tertiary/aromatic N) is 1. The van der Waals surface area contributed by atoms with Crippen LogP contribution in [0.15, 0.2) is 12.1 Å². The number of nitro groups is 1. The van der Waals surface area contributed by atoms with Crippen molar-refractivity contribution >= 4 is 28.9 Å². The number of hydrogen-bond acceptors (Lipinski definition) is 5. The van der Waals surface area contributed by atoms with E-state index in [0.717, 1.165) is 0 Å². The topological polar surface area (TPSA) is 122 Å². The number of aryl methyl sites for hydroxylation is 1. The zero-order chi connectivity index (χ0) is 14.7. The molecule has 1 aromatic rings. The molecule has 0 atom stereocenters. The first-order valence-electron chi connectivity index (χ1n) is 6.04. The quantitative estimate of drug-likeness (QED) is 0.552. The first-order chi connectivity index (χ1) is 9.47. The molecule has 0 unspecified atom stereocenters. The minimum atomic E-state index is -0.994. The molecule has 1 aliphatic heterocycles. The molecule has 20 heavy (non-hydrogen) atoms. The number of carboxylic acids is 1. The van der Waals surface area contributed by atoms with Crippen molar-refractivity contribution in [3.05, 3.63) is 27.8 Å². The largest absolute Gasteiger partial charge is 0.481 e. The standard InChI is InChI=1S/C12H13N3O5/c16-11-2-1-7-5-10(15(19)20)9(6-8(7)14-11)13-4-3-12(17)18/h5-6,13H,1-4H2,(H,14,16)(H,17,18). The van der Waals surface area contributed by atoms with Gasteiger partial charge in [-0.2, -0.15) is 0 Å². The number of nitro benzene ring substituents is 1. The van der Waals surface area contributed by atoms with E-state index in [1.54, 1.807) is 0 Å². The summed E-state index contributed by atoms with van der Waals surface area (Å²) in [5.74, 6) is -1.13. The van der Waals surface area contributed by atoms with E-state index < -0.39 is 10.9 Å². The number of fused-ring (bicyclic) bond motifs is 1. The number of nitrogens with one attached hydrogen (secondary N) is 2. The Kier molecular flexibility index (Phi) is 3.83. The summed E-state index contributed by atoms with van der Waals surface area (Å²) < 4.78 is 0. The first kappa shape index (κ1) is 13.8. The lowest BCUT2D eigenvalue weighted by Gasteiger charge is -2.18. The van der Waals surface area contributed by atoms with Crippen LogP contribution in [0.1, 0.15) is 18.4 Å². The van der Waals surface area contributed by atoms with Crippen molar-refractivity contribution in [2.75, 3.05) is 17.2 Å². The molecule has 0 saturated heterocycles. The second-order valence-corrected chi connectivity index (χ2v) is 4.40. The summed E-state index contributed by atoms with van der Waals surface area (Å²) in [7, 11) is 0. The molecule has 106 valence electrons. The summed E-state index contributed by atoms with van der Waals surface area (Å²) in [5.41, 5.74) is 1.33. The molecular formula is C12H13N3O5. The molecule has 8 nitrogen and oxygen atoms in total. The van der Waals surface area contributed by atoms with Crippen molar-refractivity contribution in [1.29, 1.82) is 0 Å². The molecule has 0 radical (unpaired) electrons. The van der Waals surface area contributed by atoms with E-state index in [-0.39, 0.29) is 30.2 Å². The highest BCUT2D eigenvalue weighted by Crippen LogP contribution is 2.34. The second-order valence-electron chi connectivity index (χ2n) is 4.40. The third kappa shape index (κ3) is 3.02. The number of benzene rings is 1. The summed E-state index contributed by atoms with van der Waals surface area (Å²) in [5, 5.41) is 25.0. The number of carboxylic acid groups (broad SMARTS) is 1. The van der Waals surface area contributed by atoms with Gasteiger partial charge in [-0.1, -0.05) is 0 Å². The highest BCUT2D eigenvalue weighted by atomic mass is 16.6. The summed E-state index contributed by atoms with van der Waals surface area (Å²) in [6.45, 7) is 0.0723. The molecule has 0 fully saturated rings. The summed E-state index contributed by atoms with van der Waals surface area (Å²) in [6, 6.07) is 2.89. The highest BCUT2D eigenvalue weighted by molar-refractivity contribution is 5.95. The van der Waals surface area contributed by atoms with Crippen molar-refractivity contribution < 1.29 is 19.6 Å². The minimum absolute atomic E-state index is 0.0723. The van der Waals surface area contributed by atoms with E-state index in [1.165, 1.54) is 12.1 Å². The average Bonchev–Trinajstić information content (AvgIpc) is 2.37. The zero-order valence-electron chi connectivity index (χ0n) is 10.5. The van der Waals surface area contributed by atoms with Crippen LogP contribution in [0, 0.1) is 10.1 Å². The van der Waals surface area contributed by atoms with Gasteiger partial charge in [0.05, 0.1) is 11.3 Å². The predicted octanol–water partition coefficient (Wildman–Crippen LogP) is 1.37. The number of carbonyl (C=O) groups excluding carboxylic acids is 1. The van der Waals surface area contributed by atoms with Crippen LogP contribution in [-0.4, -0.2) is 28.5 Å². The number of hydrogen-bond donors (Lipinski definition) is 3. The van der Waals surface area contributed by atoms with Crippen LogP contribution in [0.5, 0.6) is 0 Å². The number of carbonyl (C=O) groups is 2. The molecular weight excluding hydrogens is 266 g/mol. The molecule has 1 aromatic carbocycles. The van der Waals surface area contributed by atoms with E-state index in [9.17, 15) is 19.7 Å². The van der Waals surface area contributed by atoms with Gasteiger partial charge in [0, 0.05) is 24.7 Å². The molecule has 8 heteroatoms. The van der Waals surface area contributed by atoms with Crippen LogP contribution in [0.2, 0.25) is 0 Å². The maximum Gasteiger partial charge on any atom is 0.305 e. The van der Waals surface area contributed by atoms with Gasteiger partial charge in [0.2, 0.25) is 5.91 Å². The van der Waals surface area contributed by atoms with Crippen LogP contribution in [0.4, 0.5) is 17.1 Å². The number of rotatable bonds is 5. The van der Waals surface area contributed by atoms with Crippen LogP contribution in [-0.2, 0) is 16.0 Å². The van der Waals surface area contributed by atoms with Crippen molar-refractivity contribution in [1.82, 2.24) is 0 Å². The van der Waals surface area contributed by atoms with Gasteiger partial charge < -0.3 is 15.7 Å². The number of amides is 1. The van der Waals surface area contributed by atoms with Crippen LogP contribution >= 0.6 is 0 Å². The molecule has 0 spiro atoms. The molecule has 0 aromatic heterocycles. The number of anilines is 2. The van der Waals surface area contributed by atoms with Gasteiger partial charge in [0.1, 0.15) is 5.69 Å². The zero-order valence-corrected chi connectivity index (χ0v) is 10.5. The molecule has 0 saturated carbocycles. The fourth-order valence-corrected chi connectivity index (χ4v) is 2.01. The fourth-order valence-electron chi connectivity index (χ4n) is 2.01. The Morgan fingerprint density at radius 2 is 2.20 bits per heavy atom. The van der Waals surface area contributed by atoms with E-state index in [2.05, 4.69) is 10.6 Å². The third-order valence-electron chi connectivity index (χ3n) is 2.97. The predicted molar refractivity (Wildman–Crippen MR) is 70.8 cm³/mol. The van der Waals surface area contributed by atoms with Crippen molar-refractivity contribution in [3.8, 4) is 0 Å². The SMILES string of the molecule is O=C(O)CCNc1cc2c(cc1[N+](=O)[O-])CCC(=O)N2. The van der Waals surface area contributed by atoms with Gasteiger partial charge in [0.15, 0.2) is 0 Å². The van der Waals surface area contributed by atoms with E-state index >= 15 is 0 Å². The summed E-state index contributed by atoms with van der Waals surface area (Å²) >= 11 is 0. The first-order valence-corrected chi connectivity index (χ1v) is 6.04. The fraction of sp³-hybridized carbons (Fsp3) is 0.333. The lowest BCUT2D eigenvalue weighted by Crippen LogP contribution is -2.19. The molecule has 1 heterocycles. The summed E-state index contributed by atoms with van der Waals surface area (Å²) in [6.07, 6.45) is 0.605. The molecule has 1 aliphatic rings. The Hall–Kier alpha value is -2.64. The average molecular weight is 279 g/mol. The van der Waals surface area contributed by atoms with E-state index in [0.29, 0.717) is 24.1 Å². The Morgan fingerprint density at radius 1 is 1.45 bits per heavy atom. The van der Waals surface area contributed by atoms with Crippen LogP contribution in [0.3, 0.4) is 0 Å². The normalized spacial score (nSPS) is 13.3. The molecule has 3 N–H and O–H groups in total. The Balaban J connectivity index is 2.28. The lowest BCUT2D eigenvalue weighted by molar-refractivity contribution is -0.384. The van der Waals surface area contributed by atoms with Gasteiger partial charge >= 0.3 is 5.97 Å². The lowest BCUT2D eigenvalue weighted by atomic mass is 10.0. The molecule has 0 bridgehead atoms. The maximum absolute atomic E-state index is 11.3. The summed E-state index contributed by atoms with van der Waals surface area (Å²) in [4.78, 5) is 32.3. The third-order valence-corrected chi connectivity index (χ3v) is 2.97. The molecule has 2 rings (SSSR count). The van der Waals surface area contributed by atoms with Crippen LogP contribution in [0.25, 0.3) is 0 Å². The monoisotopic (exact) mass is 279 g/mol. The Bertz CT molecular complexity index is 585. The van der Waals surface area contributed by atoms with E-state index in [4.69, 9.17) is 5.11 Å². The van der Waals surface area contributed by atoms with Gasteiger partial charge in [-0.05, 0) is 18.1 Å². The maximum atomic E-state index is 11.3. The molecule has 0 aliphatic carbocycles. The van der Waals surface area contributed by atoms with E-state index in [1.807, 2.05) is 0 Å². The highest BCUT2D eigenvalue weighted by Gasteiger charge is 2.22. The second kappa shape index (κ2) is 5.55. The smallest absolute Gasteiger partial charge is 0.305 e. The van der Waals surface area contributed by atoms with Crippen molar-refractivity contribution in [2.45, 2.75) is 19.3 Å². The Labute approximate surface area is 113 Å².